The van der Waals surface area contributed by atoms with E-state index in [1.807, 2.05) is 30.3 Å². The van der Waals surface area contributed by atoms with Crippen LogP contribution >= 0.6 is 11.8 Å². The van der Waals surface area contributed by atoms with Crippen molar-refractivity contribution >= 4 is 22.7 Å². The molecule has 10 atom stereocenters. The number of hydrogen-bond acceptors (Lipinski definition) is 6. The van der Waals surface area contributed by atoms with E-state index in [0.29, 0.717) is 17.3 Å². The van der Waals surface area contributed by atoms with E-state index in [9.17, 15) is 19.1 Å². The predicted molar refractivity (Wildman–Crippen MR) is 164 cm³/mol. The van der Waals surface area contributed by atoms with Crippen molar-refractivity contribution in [2.75, 3.05) is 6.01 Å². The quantitative estimate of drug-likeness (QED) is 0.386. The summed E-state index contributed by atoms with van der Waals surface area (Å²) < 4.78 is 60.2. The maximum atomic E-state index is 17.6. The lowest BCUT2D eigenvalue weighted by molar-refractivity contribution is -0.232. The third-order valence-electron chi connectivity index (χ3n) is 11.6. The smallest absolute Gasteiger partial charge is 0.226 e. The second-order valence-corrected chi connectivity index (χ2v) is 14.7. The molecule has 1 heterocycles. The average molecular weight is 639 g/mol. The van der Waals surface area contributed by atoms with Gasteiger partial charge in [0.2, 0.25) is 5.12 Å². The number of fused-ring (bicyclic) bond motifs is 7. The fourth-order valence-electron chi connectivity index (χ4n) is 9.45. The highest BCUT2D eigenvalue weighted by Crippen LogP contribution is 2.73. The van der Waals surface area contributed by atoms with Crippen LogP contribution in [0.2, 0.25) is 0 Å². The second kappa shape index (κ2) is 10.7. The molecule has 238 valence electrons. The maximum Gasteiger partial charge on any atom is 0.226 e. The second-order valence-electron chi connectivity index (χ2n) is 13.9. The number of halogens is 3. The lowest BCUT2D eigenvalue weighted by Crippen LogP contribution is -2.70. The van der Waals surface area contributed by atoms with Crippen LogP contribution in [0.15, 0.2) is 72.3 Å². The Hall–Kier alpha value is -2.72. The largest absolute Gasteiger partial charge is 0.390 e. The first-order valence-electron chi connectivity index (χ1n) is 15.5. The van der Waals surface area contributed by atoms with Crippen molar-refractivity contribution in [2.24, 2.45) is 22.7 Å². The van der Waals surface area contributed by atoms with Gasteiger partial charge in [-0.3, -0.25) is 9.59 Å². The molecule has 0 bridgehead atoms. The monoisotopic (exact) mass is 638 g/mol. The summed E-state index contributed by atoms with van der Waals surface area (Å²) in [5.74, 6) is -2.03. The van der Waals surface area contributed by atoms with Crippen molar-refractivity contribution in [1.82, 2.24) is 0 Å². The number of allylic oxidation sites excluding steroid dienone is 4. The van der Waals surface area contributed by atoms with Crippen molar-refractivity contribution in [3.8, 4) is 0 Å². The molecule has 1 unspecified atom stereocenters. The number of carbonyl (C=O) groups is 2. The molecule has 4 aliphatic carbocycles. The molecule has 2 aromatic rings. The van der Waals surface area contributed by atoms with Gasteiger partial charge < -0.3 is 14.6 Å². The molecule has 1 N–H and O–H groups in total. The van der Waals surface area contributed by atoms with E-state index in [4.69, 9.17) is 9.47 Å². The van der Waals surface area contributed by atoms with Gasteiger partial charge in [-0.2, -0.15) is 0 Å². The molecular formula is C36H37F3O5S. The van der Waals surface area contributed by atoms with Crippen LogP contribution in [-0.4, -0.2) is 51.7 Å². The lowest BCUT2D eigenvalue weighted by Gasteiger charge is -2.63. The number of aliphatic hydroxyl groups excluding tert-OH is 1. The van der Waals surface area contributed by atoms with Crippen LogP contribution in [0.1, 0.15) is 61.7 Å². The van der Waals surface area contributed by atoms with Gasteiger partial charge in [-0.1, -0.05) is 78.9 Å². The number of carbonyl (C=O) groups excluding carboxylic acids is 2. The molecule has 45 heavy (non-hydrogen) atoms. The van der Waals surface area contributed by atoms with Gasteiger partial charge in [-0.25, -0.2) is 13.2 Å². The fourth-order valence-corrected chi connectivity index (χ4v) is 10.2. The number of hydrogen-bond donors (Lipinski definition) is 1. The van der Waals surface area contributed by atoms with Gasteiger partial charge in [0.25, 0.3) is 0 Å². The highest BCUT2D eigenvalue weighted by atomic mass is 32.2. The summed E-state index contributed by atoms with van der Waals surface area (Å²) in [6.45, 7) is 5.36. The Morgan fingerprint density at radius 2 is 1.84 bits per heavy atom. The van der Waals surface area contributed by atoms with Crippen molar-refractivity contribution in [2.45, 2.75) is 82.4 Å². The average Bonchev–Trinajstić information content (AvgIpc) is 3.50. The van der Waals surface area contributed by atoms with Crippen LogP contribution in [0, 0.1) is 29.6 Å². The van der Waals surface area contributed by atoms with E-state index in [1.165, 1.54) is 30.2 Å². The first kappa shape index (κ1) is 30.9. The molecule has 0 aromatic heterocycles. The van der Waals surface area contributed by atoms with Crippen molar-refractivity contribution in [1.29, 1.82) is 0 Å². The number of ketones is 1. The summed E-state index contributed by atoms with van der Waals surface area (Å²) >= 11 is 0.482. The number of benzene rings is 2. The molecule has 5 nitrogen and oxygen atoms in total. The van der Waals surface area contributed by atoms with E-state index < -0.39 is 75.5 Å². The zero-order chi connectivity index (χ0) is 31.9. The molecule has 0 spiro atoms. The lowest BCUT2D eigenvalue weighted by atomic mass is 9.44. The first-order valence-corrected chi connectivity index (χ1v) is 16.5. The summed E-state index contributed by atoms with van der Waals surface area (Å²) in [4.78, 5) is 26.1. The first-order chi connectivity index (χ1) is 21.4. The van der Waals surface area contributed by atoms with E-state index in [-0.39, 0.29) is 24.8 Å². The molecule has 7 rings (SSSR count). The minimum absolute atomic E-state index is 0.0341. The number of rotatable bonds is 5. The van der Waals surface area contributed by atoms with Gasteiger partial charge >= 0.3 is 0 Å². The fraction of sp³-hybridized carbons (Fsp3) is 0.500. The number of thioether (sulfide) groups is 1. The van der Waals surface area contributed by atoms with Crippen LogP contribution in [0.3, 0.4) is 0 Å². The van der Waals surface area contributed by atoms with E-state index in [0.717, 1.165) is 18.1 Å². The Kier molecular flexibility index (Phi) is 7.32. The van der Waals surface area contributed by atoms with Crippen LogP contribution in [0.25, 0.3) is 0 Å². The van der Waals surface area contributed by atoms with Crippen LogP contribution in [0.5, 0.6) is 0 Å². The molecule has 1 saturated heterocycles. The topological polar surface area (TPSA) is 72.8 Å². The Bertz CT molecular complexity index is 1610. The van der Waals surface area contributed by atoms with Crippen LogP contribution in [0.4, 0.5) is 13.2 Å². The van der Waals surface area contributed by atoms with Crippen LogP contribution in [-0.2, 0) is 25.5 Å². The van der Waals surface area contributed by atoms with Gasteiger partial charge in [0.05, 0.1) is 12.2 Å². The minimum Gasteiger partial charge on any atom is -0.390 e. The molecule has 0 amide bonds. The van der Waals surface area contributed by atoms with Gasteiger partial charge in [0, 0.05) is 22.3 Å². The molecule has 0 radical (unpaired) electrons. The Balaban J connectivity index is 1.22. The third-order valence-corrected chi connectivity index (χ3v) is 12.3. The molecule has 5 aliphatic rings. The molecular weight excluding hydrogens is 601 g/mol. The van der Waals surface area contributed by atoms with Gasteiger partial charge in [0.1, 0.15) is 12.2 Å². The summed E-state index contributed by atoms with van der Waals surface area (Å²) in [6, 6.07) is 15.0. The van der Waals surface area contributed by atoms with Gasteiger partial charge in [-0.05, 0) is 74.3 Å². The Morgan fingerprint density at radius 3 is 2.56 bits per heavy atom. The predicted octanol–water partition coefficient (Wildman–Crippen LogP) is 6.85. The Morgan fingerprint density at radius 1 is 1.09 bits per heavy atom. The van der Waals surface area contributed by atoms with E-state index >= 15 is 8.78 Å². The minimum atomic E-state index is -2.30. The summed E-state index contributed by atoms with van der Waals surface area (Å²) in [7, 11) is 0. The van der Waals surface area contributed by atoms with Gasteiger partial charge in [-0.15, -0.1) is 0 Å². The molecule has 4 fully saturated rings. The molecule has 2 aromatic carbocycles. The van der Waals surface area contributed by atoms with Crippen molar-refractivity contribution < 1.29 is 37.3 Å². The summed E-state index contributed by atoms with van der Waals surface area (Å²) in [5.41, 5.74) is -2.53. The zero-order valence-corrected chi connectivity index (χ0v) is 26.3. The normalized spacial score (nSPS) is 41.6. The van der Waals surface area contributed by atoms with Gasteiger partial charge in [0.15, 0.2) is 23.3 Å². The van der Waals surface area contributed by atoms with Crippen molar-refractivity contribution in [3.05, 3.63) is 94.6 Å². The van der Waals surface area contributed by atoms with Crippen molar-refractivity contribution in [3.63, 3.8) is 0 Å². The zero-order valence-electron chi connectivity index (χ0n) is 25.5. The number of aliphatic hydroxyl groups is 1. The highest BCUT2D eigenvalue weighted by molar-refractivity contribution is 8.13. The van der Waals surface area contributed by atoms with E-state index in [2.05, 4.69) is 25.1 Å². The summed E-state index contributed by atoms with van der Waals surface area (Å²) in [5, 5.41) is 11.1. The number of alkyl halides is 3. The number of aryl methyl sites for hydroxylation is 1. The SMILES string of the molecule is Cc1cccc(Cc2ccc(C3O[C@@H]4C[C@H]5[C@@H]6C[C@H](F)C7=CC(=O)C=C[C@]7(C)[C@@]6(F)[C@@H](O)C[C@]5(C)[C@]4(C(=O)SCF)O3)cc2)c1. The Labute approximate surface area is 265 Å². The number of ether oxygens (including phenoxy) is 2. The molecule has 1 aliphatic heterocycles. The standard InChI is InChI=1S/C36H37F3O5S/c1-20-5-4-6-22(13-20)14-21-7-9-23(10-8-21)31-43-30-17-25-26-16-28(38)27-15-24(40)11-12-33(27,2)35(26,39)29(41)18-34(25,3)36(30,44-31)32(42)45-19-37/h4-13,15,25-26,28-31,41H,14,16-19H2,1-3H3/t25-,26-,28-,29-,30+,31?,33-,34-,35-,36-/m0/s1. The molecule has 3 saturated carbocycles. The maximum absolute atomic E-state index is 17.6. The van der Waals surface area contributed by atoms with E-state index in [1.54, 1.807) is 6.92 Å². The highest BCUT2D eigenvalue weighted by Gasteiger charge is 2.80. The summed E-state index contributed by atoms with van der Waals surface area (Å²) in [6.07, 6.45) is -0.726. The van der Waals surface area contributed by atoms with Crippen LogP contribution < -0.4 is 0 Å². The molecule has 9 heteroatoms. The third kappa shape index (κ3) is 4.26.